The fourth-order valence-corrected chi connectivity index (χ4v) is 4.82. The molecule has 1 atom stereocenters. The van der Waals surface area contributed by atoms with Crippen LogP contribution in [-0.4, -0.2) is 61.8 Å². The maximum absolute atomic E-state index is 12.6. The van der Waals surface area contributed by atoms with Crippen molar-refractivity contribution in [1.29, 1.82) is 0 Å². The van der Waals surface area contributed by atoms with Crippen LogP contribution in [0, 0.1) is 0 Å². The molecule has 2 heterocycles. The van der Waals surface area contributed by atoms with E-state index in [1.54, 1.807) is 8.61 Å². The van der Waals surface area contributed by atoms with Gasteiger partial charge in [-0.1, -0.05) is 6.42 Å². The van der Waals surface area contributed by atoms with Crippen molar-refractivity contribution in [3.8, 4) is 0 Å². The van der Waals surface area contributed by atoms with Gasteiger partial charge in [0.25, 0.3) is 10.2 Å². The zero-order valence-corrected chi connectivity index (χ0v) is 12.1. The molecule has 0 spiro atoms. The molecule has 2 rings (SSSR count). The summed E-state index contributed by atoms with van der Waals surface area (Å²) in [6.07, 6.45) is 3.62. The lowest BCUT2D eigenvalue weighted by atomic mass is 10.1. The first kappa shape index (κ1) is 14.5. The van der Waals surface area contributed by atoms with Crippen molar-refractivity contribution in [2.24, 2.45) is 0 Å². The highest BCUT2D eigenvalue weighted by molar-refractivity contribution is 7.86. The summed E-state index contributed by atoms with van der Waals surface area (Å²) >= 11 is 5.90. The number of nitrogens with zero attached hydrogens (tertiary/aromatic N) is 2. The Morgan fingerprint density at radius 2 is 1.94 bits per heavy atom. The van der Waals surface area contributed by atoms with Crippen molar-refractivity contribution in [1.82, 2.24) is 8.61 Å². The van der Waals surface area contributed by atoms with Gasteiger partial charge >= 0.3 is 0 Å². The maximum atomic E-state index is 12.6. The Hall–Kier alpha value is 0.120. The lowest BCUT2D eigenvalue weighted by Crippen LogP contribution is -2.51. The van der Waals surface area contributed by atoms with Crippen LogP contribution in [0.3, 0.4) is 0 Å². The summed E-state index contributed by atoms with van der Waals surface area (Å²) < 4.78 is 33.6. The van der Waals surface area contributed by atoms with E-state index in [4.69, 9.17) is 16.3 Å². The Balaban J connectivity index is 2.12. The Labute approximate surface area is 114 Å². The van der Waals surface area contributed by atoms with Crippen molar-refractivity contribution in [2.75, 3.05) is 38.7 Å². The van der Waals surface area contributed by atoms with E-state index in [-0.39, 0.29) is 6.04 Å². The second-order valence-corrected chi connectivity index (χ2v) is 6.98. The van der Waals surface area contributed by atoms with Gasteiger partial charge in [-0.2, -0.15) is 17.0 Å². The van der Waals surface area contributed by atoms with Gasteiger partial charge in [0.05, 0.1) is 6.61 Å². The van der Waals surface area contributed by atoms with Crippen LogP contribution in [0.4, 0.5) is 0 Å². The first-order valence-electron chi connectivity index (χ1n) is 6.57. The van der Waals surface area contributed by atoms with Crippen molar-refractivity contribution in [3.63, 3.8) is 0 Å². The average Bonchev–Trinajstić information content (AvgIpc) is 2.68. The third-order valence-corrected chi connectivity index (χ3v) is 6.00. The number of ether oxygens (including phenoxy) is 1. The normalized spacial score (nSPS) is 29.1. The maximum Gasteiger partial charge on any atom is 0.282 e. The number of hydrogen-bond acceptors (Lipinski definition) is 3. The Morgan fingerprint density at radius 3 is 2.72 bits per heavy atom. The second kappa shape index (κ2) is 6.52. The van der Waals surface area contributed by atoms with E-state index in [9.17, 15) is 8.42 Å². The molecule has 0 radical (unpaired) electrons. The number of piperidine rings is 1. The molecule has 0 aromatic carbocycles. The predicted octanol–water partition coefficient (Wildman–Crippen LogP) is 1.05. The molecule has 5 nitrogen and oxygen atoms in total. The Bertz CT molecular complexity index is 355. The largest absolute Gasteiger partial charge is 0.380 e. The van der Waals surface area contributed by atoms with Gasteiger partial charge in [0.2, 0.25) is 0 Å². The highest BCUT2D eigenvalue weighted by atomic mass is 35.5. The first-order valence-corrected chi connectivity index (χ1v) is 8.50. The summed E-state index contributed by atoms with van der Waals surface area (Å²) in [6, 6.07) is -0.0467. The predicted molar refractivity (Wildman–Crippen MR) is 71.0 cm³/mol. The van der Waals surface area contributed by atoms with Crippen LogP contribution in [0.2, 0.25) is 0 Å². The van der Waals surface area contributed by atoms with Crippen LogP contribution in [0.1, 0.15) is 25.7 Å². The molecule has 18 heavy (non-hydrogen) atoms. The smallest absolute Gasteiger partial charge is 0.282 e. The molecule has 2 aliphatic heterocycles. The fourth-order valence-electron chi connectivity index (χ4n) is 2.53. The molecule has 2 saturated heterocycles. The Kier molecular flexibility index (Phi) is 5.26. The van der Waals surface area contributed by atoms with Crippen LogP contribution in [0.25, 0.3) is 0 Å². The molecule has 7 heteroatoms. The van der Waals surface area contributed by atoms with E-state index in [0.717, 1.165) is 25.7 Å². The minimum atomic E-state index is -3.37. The van der Waals surface area contributed by atoms with Gasteiger partial charge in [-0.05, 0) is 19.3 Å². The summed E-state index contributed by atoms with van der Waals surface area (Å²) in [4.78, 5) is 0. The van der Waals surface area contributed by atoms with Gasteiger partial charge in [0.15, 0.2) is 0 Å². The summed E-state index contributed by atoms with van der Waals surface area (Å²) in [5.74, 6) is 0.379. The van der Waals surface area contributed by atoms with Crippen molar-refractivity contribution in [2.45, 2.75) is 31.7 Å². The van der Waals surface area contributed by atoms with Crippen LogP contribution in [-0.2, 0) is 14.9 Å². The summed E-state index contributed by atoms with van der Waals surface area (Å²) in [5.41, 5.74) is 0. The summed E-state index contributed by atoms with van der Waals surface area (Å²) in [7, 11) is -3.37. The molecule has 0 N–H and O–H groups in total. The zero-order valence-electron chi connectivity index (χ0n) is 10.6. The van der Waals surface area contributed by atoms with Gasteiger partial charge in [0, 0.05) is 38.2 Å². The molecular weight excluding hydrogens is 276 g/mol. The van der Waals surface area contributed by atoms with Crippen LogP contribution < -0.4 is 0 Å². The number of rotatable bonds is 3. The molecule has 1 unspecified atom stereocenters. The molecular formula is C11H21ClN2O3S. The van der Waals surface area contributed by atoms with E-state index in [2.05, 4.69) is 0 Å². The highest BCUT2D eigenvalue weighted by Gasteiger charge is 2.36. The Morgan fingerprint density at radius 1 is 1.11 bits per heavy atom. The summed E-state index contributed by atoms with van der Waals surface area (Å²) in [5, 5.41) is 0. The molecule has 0 aromatic rings. The summed E-state index contributed by atoms with van der Waals surface area (Å²) in [6.45, 7) is 2.72. The third-order valence-electron chi connectivity index (χ3n) is 3.56. The number of halogens is 1. The minimum absolute atomic E-state index is 0.0467. The van der Waals surface area contributed by atoms with Gasteiger partial charge in [0.1, 0.15) is 0 Å². The molecule has 106 valence electrons. The third kappa shape index (κ3) is 3.17. The van der Waals surface area contributed by atoms with Gasteiger partial charge in [-0.3, -0.25) is 0 Å². The molecule has 0 aromatic heterocycles. The molecule has 0 bridgehead atoms. The van der Waals surface area contributed by atoms with E-state index < -0.39 is 10.2 Å². The topological polar surface area (TPSA) is 49.9 Å². The van der Waals surface area contributed by atoms with E-state index >= 15 is 0 Å². The van der Waals surface area contributed by atoms with Crippen LogP contribution >= 0.6 is 11.6 Å². The standard InChI is InChI=1S/C11H21ClN2O3S/c12-10-11-4-1-2-6-14(11)18(15,16)13-5-3-8-17-9-7-13/h11H,1-10H2. The zero-order chi connectivity index (χ0) is 13.0. The SMILES string of the molecule is O=S(=O)(N1CCCOCC1)N1CCCCC1CCl. The second-order valence-electron chi connectivity index (χ2n) is 4.79. The minimum Gasteiger partial charge on any atom is -0.380 e. The van der Waals surface area contributed by atoms with E-state index in [1.165, 1.54) is 0 Å². The molecule has 0 aliphatic carbocycles. The number of hydrogen-bond donors (Lipinski definition) is 0. The van der Waals surface area contributed by atoms with Crippen molar-refractivity contribution < 1.29 is 13.2 Å². The monoisotopic (exact) mass is 296 g/mol. The van der Waals surface area contributed by atoms with Gasteiger partial charge in [-0.25, -0.2) is 0 Å². The molecule has 2 fully saturated rings. The van der Waals surface area contributed by atoms with Crippen LogP contribution in [0.5, 0.6) is 0 Å². The lowest BCUT2D eigenvalue weighted by molar-refractivity contribution is 0.147. The first-order chi connectivity index (χ1) is 8.66. The van der Waals surface area contributed by atoms with Crippen LogP contribution in [0.15, 0.2) is 0 Å². The quantitative estimate of drug-likeness (QED) is 0.732. The molecule has 0 amide bonds. The van der Waals surface area contributed by atoms with E-state index in [1.807, 2.05) is 0 Å². The number of alkyl halides is 1. The highest BCUT2D eigenvalue weighted by Crippen LogP contribution is 2.24. The van der Waals surface area contributed by atoms with Gasteiger partial charge < -0.3 is 4.74 Å². The van der Waals surface area contributed by atoms with Crippen molar-refractivity contribution >= 4 is 21.8 Å². The fraction of sp³-hybridized carbons (Fsp3) is 1.00. The average molecular weight is 297 g/mol. The van der Waals surface area contributed by atoms with Gasteiger partial charge in [-0.15, -0.1) is 11.6 Å². The molecule has 2 aliphatic rings. The lowest BCUT2D eigenvalue weighted by Gasteiger charge is -2.36. The molecule has 0 saturated carbocycles. The van der Waals surface area contributed by atoms with E-state index in [0.29, 0.717) is 38.7 Å². The van der Waals surface area contributed by atoms with Crippen molar-refractivity contribution in [3.05, 3.63) is 0 Å².